The van der Waals surface area contributed by atoms with Crippen molar-refractivity contribution in [3.63, 3.8) is 0 Å². The van der Waals surface area contributed by atoms with Crippen LogP contribution in [0.2, 0.25) is 5.02 Å². The molecule has 0 radical (unpaired) electrons. The van der Waals surface area contributed by atoms with Crippen molar-refractivity contribution in [2.45, 2.75) is 13.5 Å². The van der Waals surface area contributed by atoms with Crippen LogP contribution in [0.25, 0.3) is 16.9 Å². The average molecular weight is 432 g/mol. The predicted molar refractivity (Wildman–Crippen MR) is 123 cm³/mol. The number of benzene rings is 2. The summed E-state index contributed by atoms with van der Waals surface area (Å²) in [4.78, 5) is 17.3. The number of hydrogen-bond donors (Lipinski definition) is 1. The third-order valence-corrected chi connectivity index (χ3v) is 5.37. The highest BCUT2D eigenvalue weighted by atomic mass is 35.5. The molecule has 4 aromatic rings. The molecule has 0 unspecified atom stereocenters. The Hall–Kier alpha value is -3.57. The first-order valence-electron chi connectivity index (χ1n) is 9.88. The maximum absolute atomic E-state index is 13.1. The second-order valence-electron chi connectivity index (χ2n) is 7.05. The summed E-state index contributed by atoms with van der Waals surface area (Å²) in [5.41, 5.74) is 4.88. The molecule has 0 aliphatic carbocycles. The van der Waals surface area contributed by atoms with Crippen molar-refractivity contribution in [3.8, 4) is 22.7 Å². The van der Waals surface area contributed by atoms with Crippen LogP contribution < -0.4 is 10.1 Å². The lowest BCUT2D eigenvalue weighted by Gasteiger charge is -2.15. The monoisotopic (exact) mass is 431 g/mol. The van der Waals surface area contributed by atoms with Crippen molar-refractivity contribution in [1.29, 1.82) is 0 Å². The van der Waals surface area contributed by atoms with E-state index in [1.165, 1.54) is 0 Å². The van der Waals surface area contributed by atoms with Gasteiger partial charge in [-0.25, -0.2) is 0 Å². The number of nitrogens with zero attached hydrogens (tertiary/aromatic N) is 2. The highest BCUT2D eigenvalue weighted by molar-refractivity contribution is 6.30. The van der Waals surface area contributed by atoms with Gasteiger partial charge in [0.05, 0.1) is 36.3 Å². The fourth-order valence-electron chi connectivity index (χ4n) is 3.56. The van der Waals surface area contributed by atoms with E-state index in [4.69, 9.17) is 16.3 Å². The fourth-order valence-corrected chi connectivity index (χ4v) is 3.69. The minimum atomic E-state index is -0.160. The number of para-hydroxylation sites is 2. The van der Waals surface area contributed by atoms with Crippen LogP contribution in [0.15, 0.2) is 79.0 Å². The number of ether oxygens (including phenoxy) is 1. The third kappa shape index (κ3) is 4.32. The minimum absolute atomic E-state index is 0.160. The molecule has 0 atom stereocenters. The quantitative estimate of drug-likeness (QED) is 0.442. The average Bonchev–Trinajstić information content (AvgIpc) is 3.15. The standard InChI is InChI=1S/C25H22ClN3O2/c1-17-21(25(30)28-16-20-7-5-6-14-27-20)15-23(18-10-12-19(26)13-11-18)29(17)22-8-3-4-9-24(22)31-2/h3-15H,16H2,1-2H3,(H,28,30). The van der Waals surface area contributed by atoms with Gasteiger partial charge in [-0.1, -0.05) is 41.9 Å². The molecule has 0 saturated heterocycles. The molecule has 156 valence electrons. The van der Waals surface area contributed by atoms with Crippen molar-refractivity contribution in [2.75, 3.05) is 7.11 Å². The zero-order chi connectivity index (χ0) is 21.8. The molecule has 0 spiro atoms. The van der Waals surface area contributed by atoms with E-state index >= 15 is 0 Å². The highest BCUT2D eigenvalue weighted by Gasteiger charge is 2.21. The number of nitrogens with one attached hydrogen (secondary N) is 1. The number of halogens is 1. The summed E-state index contributed by atoms with van der Waals surface area (Å²) in [5, 5.41) is 3.63. The molecule has 4 rings (SSSR count). The Morgan fingerprint density at radius 2 is 1.81 bits per heavy atom. The zero-order valence-electron chi connectivity index (χ0n) is 17.3. The van der Waals surface area contributed by atoms with Gasteiger partial charge in [-0.3, -0.25) is 9.78 Å². The Morgan fingerprint density at radius 1 is 1.06 bits per heavy atom. The van der Waals surface area contributed by atoms with E-state index in [1.54, 1.807) is 13.3 Å². The van der Waals surface area contributed by atoms with Gasteiger partial charge in [0.2, 0.25) is 0 Å². The number of rotatable bonds is 6. The second-order valence-corrected chi connectivity index (χ2v) is 7.48. The molecule has 0 aliphatic rings. The van der Waals surface area contributed by atoms with Gasteiger partial charge in [0, 0.05) is 16.9 Å². The molecule has 2 heterocycles. The van der Waals surface area contributed by atoms with Crippen molar-refractivity contribution in [2.24, 2.45) is 0 Å². The van der Waals surface area contributed by atoms with Gasteiger partial charge < -0.3 is 14.6 Å². The van der Waals surface area contributed by atoms with E-state index in [0.29, 0.717) is 17.1 Å². The molecule has 1 amide bonds. The number of carbonyl (C=O) groups is 1. The summed E-state index contributed by atoms with van der Waals surface area (Å²) < 4.78 is 7.63. The summed E-state index contributed by atoms with van der Waals surface area (Å²) in [6, 6.07) is 22.8. The number of carbonyl (C=O) groups excluding carboxylic acids is 1. The number of aromatic nitrogens is 2. The van der Waals surface area contributed by atoms with E-state index in [2.05, 4.69) is 10.3 Å². The summed E-state index contributed by atoms with van der Waals surface area (Å²) in [5.74, 6) is 0.559. The number of pyridine rings is 1. The normalized spacial score (nSPS) is 10.7. The Labute approximate surface area is 186 Å². The molecular formula is C25H22ClN3O2. The van der Waals surface area contributed by atoms with Crippen LogP contribution in [0.3, 0.4) is 0 Å². The second kappa shape index (κ2) is 9.06. The first-order valence-corrected chi connectivity index (χ1v) is 10.3. The van der Waals surface area contributed by atoms with Gasteiger partial charge in [0.1, 0.15) is 5.75 Å². The van der Waals surface area contributed by atoms with E-state index in [1.807, 2.05) is 84.3 Å². The first kappa shape index (κ1) is 20.7. The Bertz CT molecular complexity index is 1200. The lowest BCUT2D eigenvalue weighted by atomic mass is 10.1. The zero-order valence-corrected chi connectivity index (χ0v) is 18.1. The van der Waals surface area contributed by atoms with Crippen LogP contribution >= 0.6 is 11.6 Å². The lowest BCUT2D eigenvalue weighted by Crippen LogP contribution is -2.23. The molecule has 1 N–H and O–H groups in total. The van der Waals surface area contributed by atoms with Gasteiger partial charge in [0.15, 0.2) is 0 Å². The first-order chi connectivity index (χ1) is 15.1. The van der Waals surface area contributed by atoms with Crippen LogP contribution in [0.5, 0.6) is 5.75 Å². The van der Waals surface area contributed by atoms with Crippen molar-refractivity contribution in [3.05, 3.63) is 101 Å². The van der Waals surface area contributed by atoms with Gasteiger partial charge >= 0.3 is 0 Å². The molecule has 0 bridgehead atoms. The summed E-state index contributed by atoms with van der Waals surface area (Å²) in [6.45, 7) is 2.29. The molecular weight excluding hydrogens is 410 g/mol. The number of methoxy groups -OCH3 is 1. The molecule has 31 heavy (non-hydrogen) atoms. The molecule has 0 aliphatic heterocycles. The molecule has 2 aromatic heterocycles. The van der Waals surface area contributed by atoms with Crippen LogP contribution in [-0.4, -0.2) is 22.6 Å². The largest absolute Gasteiger partial charge is 0.495 e. The number of hydrogen-bond acceptors (Lipinski definition) is 3. The highest BCUT2D eigenvalue weighted by Crippen LogP contribution is 2.34. The van der Waals surface area contributed by atoms with E-state index in [-0.39, 0.29) is 5.91 Å². The Balaban J connectivity index is 1.78. The lowest BCUT2D eigenvalue weighted by molar-refractivity contribution is 0.0950. The SMILES string of the molecule is COc1ccccc1-n1c(-c2ccc(Cl)cc2)cc(C(=O)NCc2ccccn2)c1C. The Kier molecular flexibility index (Phi) is 6.05. The summed E-state index contributed by atoms with van der Waals surface area (Å²) in [6.07, 6.45) is 1.71. The van der Waals surface area contributed by atoms with Crippen LogP contribution in [-0.2, 0) is 6.54 Å². The van der Waals surface area contributed by atoms with Crippen LogP contribution in [0, 0.1) is 6.92 Å². The topological polar surface area (TPSA) is 56.1 Å². The van der Waals surface area contributed by atoms with Crippen molar-refractivity contribution in [1.82, 2.24) is 14.9 Å². The third-order valence-electron chi connectivity index (χ3n) is 5.11. The van der Waals surface area contributed by atoms with E-state index in [9.17, 15) is 4.79 Å². The van der Waals surface area contributed by atoms with Crippen molar-refractivity contribution < 1.29 is 9.53 Å². The molecule has 2 aromatic carbocycles. The van der Waals surface area contributed by atoms with Gasteiger partial charge in [-0.2, -0.15) is 0 Å². The molecule has 5 nitrogen and oxygen atoms in total. The smallest absolute Gasteiger partial charge is 0.253 e. The van der Waals surface area contributed by atoms with E-state index in [0.717, 1.165) is 34.1 Å². The minimum Gasteiger partial charge on any atom is -0.495 e. The van der Waals surface area contributed by atoms with Gasteiger partial charge in [-0.05, 0) is 55.0 Å². The van der Waals surface area contributed by atoms with Gasteiger partial charge in [0.25, 0.3) is 5.91 Å². The fraction of sp³-hybridized carbons (Fsp3) is 0.120. The molecule has 6 heteroatoms. The molecule has 0 fully saturated rings. The maximum Gasteiger partial charge on any atom is 0.253 e. The Morgan fingerprint density at radius 3 is 2.52 bits per heavy atom. The van der Waals surface area contributed by atoms with E-state index < -0.39 is 0 Å². The number of amides is 1. The summed E-state index contributed by atoms with van der Waals surface area (Å²) in [7, 11) is 1.64. The molecule has 0 saturated carbocycles. The van der Waals surface area contributed by atoms with Crippen LogP contribution in [0.1, 0.15) is 21.7 Å². The summed E-state index contributed by atoms with van der Waals surface area (Å²) >= 11 is 6.09. The van der Waals surface area contributed by atoms with Crippen LogP contribution in [0.4, 0.5) is 0 Å². The maximum atomic E-state index is 13.1. The van der Waals surface area contributed by atoms with Gasteiger partial charge in [-0.15, -0.1) is 0 Å². The predicted octanol–water partition coefficient (Wildman–Crippen LogP) is 5.44. The van der Waals surface area contributed by atoms with Crippen molar-refractivity contribution >= 4 is 17.5 Å².